The van der Waals surface area contributed by atoms with Crippen LogP contribution in [0, 0.1) is 5.41 Å². The molecule has 0 bridgehead atoms. The number of nitrogens with one attached hydrogen (secondary N) is 2. The molecule has 1 fully saturated rings. The van der Waals surface area contributed by atoms with Gasteiger partial charge in [-0.25, -0.2) is 5.84 Å². The number of nitrogen functional groups attached to an aromatic ring is 1. The summed E-state index contributed by atoms with van der Waals surface area (Å²) < 4.78 is 0. The lowest BCUT2D eigenvalue weighted by Gasteiger charge is -2.27. The van der Waals surface area contributed by atoms with Crippen molar-refractivity contribution in [3.05, 3.63) is 35.4 Å². The smallest absolute Gasteiger partial charge is 0.265 e. The zero-order chi connectivity index (χ0) is 14.8. The van der Waals surface area contributed by atoms with Crippen molar-refractivity contribution in [3.8, 4) is 0 Å². The number of nitrogens with two attached hydrogens (primary N) is 1. The fourth-order valence-electron chi connectivity index (χ4n) is 2.69. The van der Waals surface area contributed by atoms with E-state index < -0.39 is 0 Å². The number of benzene rings is 1. The first-order valence-electron chi connectivity index (χ1n) is 6.86. The Kier molecular flexibility index (Phi) is 4.09. The Bertz CT molecular complexity index is 508. The van der Waals surface area contributed by atoms with Gasteiger partial charge in [-0.15, -0.1) is 0 Å². The summed E-state index contributed by atoms with van der Waals surface area (Å²) in [6.07, 6.45) is 3.30. The number of hydrazine groups is 1. The van der Waals surface area contributed by atoms with Crippen molar-refractivity contribution in [2.24, 2.45) is 11.3 Å². The summed E-state index contributed by atoms with van der Waals surface area (Å²) in [7, 11) is 0. The molecule has 1 aromatic rings. The van der Waals surface area contributed by atoms with Gasteiger partial charge in [0.2, 0.25) is 0 Å². The molecule has 5 heteroatoms. The van der Waals surface area contributed by atoms with Crippen molar-refractivity contribution in [3.63, 3.8) is 0 Å². The molecule has 1 aliphatic carbocycles. The van der Waals surface area contributed by atoms with Crippen LogP contribution < -0.4 is 16.6 Å². The van der Waals surface area contributed by atoms with Crippen molar-refractivity contribution in [1.82, 2.24) is 10.7 Å². The number of amides is 2. The van der Waals surface area contributed by atoms with Crippen LogP contribution in [0.1, 0.15) is 53.8 Å². The quantitative estimate of drug-likeness (QED) is 0.445. The van der Waals surface area contributed by atoms with E-state index in [1.807, 2.05) is 0 Å². The second-order valence-corrected chi connectivity index (χ2v) is 5.96. The van der Waals surface area contributed by atoms with Gasteiger partial charge in [0.1, 0.15) is 0 Å². The van der Waals surface area contributed by atoms with Gasteiger partial charge < -0.3 is 5.32 Å². The van der Waals surface area contributed by atoms with Crippen LogP contribution in [0.5, 0.6) is 0 Å². The van der Waals surface area contributed by atoms with E-state index in [1.165, 1.54) is 0 Å². The second kappa shape index (κ2) is 5.63. The number of hydrogen-bond donors (Lipinski definition) is 3. The maximum absolute atomic E-state index is 12.2. The van der Waals surface area contributed by atoms with Crippen LogP contribution in [-0.4, -0.2) is 17.9 Å². The fourth-order valence-corrected chi connectivity index (χ4v) is 2.69. The highest BCUT2D eigenvalue weighted by Gasteiger charge is 2.35. The van der Waals surface area contributed by atoms with Crippen LogP contribution in [-0.2, 0) is 0 Å². The van der Waals surface area contributed by atoms with Gasteiger partial charge in [0.05, 0.1) is 0 Å². The van der Waals surface area contributed by atoms with Gasteiger partial charge >= 0.3 is 0 Å². The second-order valence-electron chi connectivity index (χ2n) is 5.96. The molecule has 2 rings (SSSR count). The SMILES string of the molecule is CC1(C)CCCC1NC(=O)c1ccc(C(=O)NN)cc1. The average molecular weight is 275 g/mol. The highest BCUT2D eigenvalue weighted by molar-refractivity contribution is 5.97. The molecule has 20 heavy (non-hydrogen) atoms. The number of rotatable bonds is 3. The lowest BCUT2D eigenvalue weighted by Crippen LogP contribution is -2.41. The first-order chi connectivity index (χ1) is 9.44. The molecule has 0 aliphatic heterocycles. The molecule has 1 unspecified atom stereocenters. The summed E-state index contributed by atoms with van der Waals surface area (Å²) >= 11 is 0. The van der Waals surface area contributed by atoms with Crippen LogP contribution in [0.25, 0.3) is 0 Å². The molecular weight excluding hydrogens is 254 g/mol. The molecule has 4 N–H and O–H groups in total. The van der Waals surface area contributed by atoms with E-state index in [2.05, 4.69) is 24.6 Å². The van der Waals surface area contributed by atoms with Gasteiger partial charge in [-0.05, 0) is 42.5 Å². The Balaban J connectivity index is 2.04. The van der Waals surface area contributed by atoms with E-state index in [0.717, 1.165) is 19.3 Å². The highest BCUT2D eigenvalue weighted by Crippen LogP contribution is 2.37. The third kappa shape index (κ3) is 2.99. The molecule has 5 nitrogen and oxygen atoms in total. The Hall–Kier alpha value is -1.88. The lowest BCUT2D eigenvalue weighted by molar-refractivity contribution is 0.0907. The molecule has 1 saturated carbocycles. The van der Waals surface area contributed by atoms with Gasteiger partial charge in [0.15, 0.2) is 0 Å². The molecule has 0 spiro atoms. The first kappa shape index (κ1) is 14.5. The molecule has 1 aromatic carbocycles. The summed E-state index contributed by atoms with van der Waals surface area (Å²) in [6.45, 7) is 4.36. The van der Waals surface area contributed by atoms with Crippen LogP contribution in [0.4, 0.5) is 0 Å². The van der Waals surface area contributed by atoms with Crippen molar-refractivity contribution in [2.75, 3.05) is 0 Å². The van der Waals surface area contributed by atoms with E-state index >= 15 is 0 Å². The third-order valence-electron chi connectivity index (χ3n) is 4.10. The molecule has 0 heterocycles. The Morgan fingerprint density at radius 3 is 2.15 bits per heavy atom. The highest BCUT2D eigenvalue weighted by atomic mass is 16.2. The summed E-state index contributed by atoms with van der Waals surface area (Å²) in [4.78, 5) is 23.5. The molecule has 1 aliphatic rings. The predicted octanol–water partition coefficient (Wildman–Crippen LogP) is 1.60. The Morgan fingerprint density at radius 2 is 1.70 bits per heavy atom. The summed E-state index contributed by atoms with van der Waals surface area (Å²) in [5.74, 6) is 4.60. The van der Waals surface area contributed by atoms with Crippen molar-refractivity contribution in [1.29, 1.82) is 0 Å². The van der Waals surface area contributed by atoms with Crippen molar-refractivity contribution < 1.29 is 9.59 Å². The van der Waals surface area contributed by atoms with E-state index in [-0.39, 0.29) is 23.3 Å². The van der Waals surface area contributed by atoms with E-state index in [4.69, 9.17) is 5.84 Å². The average Bonchev–Trinajstić information content (AvgIpc) is 2.77. The minimum atomic E-state index is -0.367. The largest absolute Gasteiger partial charge is 0.349 e. The molecule has 0 aromatic heterocycles. The molecule has 2 amide bonds. The zero-order valence-electron chi connectivity index (χ0n) is 11.9. The van der Waals surface area contributed by atoms with Crippen LogP contribution in [0.15, 0.2) is 24.3 Å². The predicted molar refractivity (Wildman–Crippen MR) is 77.0 cm³/mol. The normalized spacial score (nSPS) is 20.4. The fraction of sp³-hybridized carbons (Fsp3) is 0.467. The molecule has 0 saturated heterocycles. The Morgan fingerprint density at radius 1 is 1.15 bits per heavy atom. The molecule has 108 valence electrons. The van der Waals surface area contributed by atoms with Gasteiger partial charge in [0.25, 0.3) is 11.8 Å². The maximum atomic E-state index is 12.2. The molecule has 1 atom stereocenters. The van der Waals surface area contributed by atoms with Crippen molar-refractivity contribution in [2.45, 2.75) is 39.2 Å². The van der Waals surface area contributed by atoms with Crippen LogP contribution in [0.2, 0.25) is 0 Å². The molecular formula is C15H21N3O2. The van der Waals surface area contributed by atoms with E-state index in [0.29, 0.717) is 11.1 Å². The van der Waals surface area contributed by atoms with Gasteiger partial charge in [-0.1, -0.05) is 20.3 Å². The minimum absolute atomic E-state index is 0.0929. The summed E-state index contributed by atoms with van der Waals surface area (Å²) in [5, 5.41) is 3.08. The van der Waals surface area contributed by atoms with E-state index in [1.54, 1.807) is 24.3 Å². The third-order valence-corrected chi connectivity index (χ3v) is 4.10. The maximum Gasteiger partial charge on any atom is 0.265 e. The zero-order valence-corrected chi connectivity index (χ0v) is 11.9. The number of carbonyl (C=O) groups is 2. The number of hydrogen-bond acceptors (Lipinski definition) is 3. The van der Waals surface area contributed by atoms with Gasteiger partial charge in [-0.3, -0.25) is 15.0 Å². The van der Waals surface area contributed by atoms with Crippen molar-refractivity contribution >= 4 is 11.8 Å². The van der Waals surface area contributed by atoms with Gasteiger partial charge in [0, 0.05) is 17.2 Å². The first-order valence-corrected chi connectivity index (χ1v) is 6.86. The van der Waals surface area contributed by atoms with Crippen LogP contribution >= 0.6 is 0 Å². The topological polar surface area (TPSA) is 84.2 Å². The lowest BCUT2D eigenvalue weighted by atomic mass is 9.87. The monoisotopic (exact) mass is 275 g/mol. The number of carbonyl (C=O) groups excluding carboxylic acids is 2. The summed E-state index contributed by atoms with van der Waals surface area (Å²) in [6, 6.07) is 6.68. The van der Waals surface area contributed by atoms with Gasteiger partial charge in [-0.2, -0.15) is 0 Å². The van der Waals surface area contributed by atoms with Crippen LogP contribution in [0.3, 0.4) is 0 Å². The standard InChI is InChI=1S/C15H21N3O2/c1-15(2)9-3-4-12(15)17-13(19)10-5-7-11(8-6-10)14(20)18-16/h5-8,12H,3-4,9,16H2,1-2H3,(H,17,19)(H,18,20). The Labute approximate surface area is 118 Å². The summed E-state index contributed by atoms with van der Waals surface area (Å²) in [5.41, 5.74) is 3.20. The molecule has 0 radical (unpaired) electrons. The van der Waals surface area contributed by atoms with E-state index in [9.17, 15) is 9.59 Å². The minimum Gasteiger partial charge on any atom is -0.349 e.